The summed E-state index contributed by atoms with van der Waals surface area (Å²) in [6, 6.07) is 4.64. The fourth-order valence-corrected chi connectivity index (χ4v) is 2.44. The van der Waals surface area contributed by atoms with E-state index in [2.05, 4.69) is 21.2 Å². The Morgan fingerprint density at radius 3 is 2.78 bits per heavy atom. The summed E-state index contributed by atoms with van der Waals surface area (Å²) in [4.78, 5) is 0. The van der Waals surface area contributed by atoms with E-state index in [1.54, 1.807) is 6.07 Å². The third-order valence-electron chi connectivity index (χ3n) is 2.98. The number of aliphatic hydroxyl groups is 1. The summed E-state index contributed by atoms with van der Waals surface area (Å²) in [5.41, 5.74) is 6.57. The minimum Gasteiger partial charge on any atom is -0.396 e. The van der Waals surface area contributed by atoms with E-state index in [-0.39, 0.29) is 24.5 Å². The molecule has 0 amide bonds. The number of rotatable bonds is 7. The lowest BCUT2D eigenvalue weighted by molar-refractivity contribution is 0.255. The van der Waals surface area contributed by atoms with Gasteiger partial charge in [-0.25, -0.2) is 4.39 Å². The van der Waals surface area contributed by atoms with Crippen LogP contribution in [0.5, 0.6) is 0 Å². The quantitative estimate of drug-likeness (QED) is 0.723. The van der Waals surface area contributed by atoms with Crippen molar-refractivity contribution in [2.75, 3.05) is 13.2 Å². The van der Waals surface area contributed by atoms with E-state index in [0.717, 1.165) is 16.5 Å². The summed E-state index contributed by atoms with van der Waals surface area (Å²) in [7, 11) is 0. The molecule has 1 aromatic carbocycles. The van der Waals surface area contributed by atoms with Crippen LogP contribution in [0.3, 0.4) is 0 Å². The van der Waals surface area contributed by atoms with E-state index in [1.165, 1.54) is 12.1 Å². The SMILES string of the molecule is CCC(CCO)NC(CN)c1cc(F)ccc1Br. The van der Waals surface area contributed by atoms with Crippen molar-refractivity contribution in [3.05, 3.63) is 34.1 Å². The molecule has 1 aromatic rings. The fourth-order valence-electron chi connectivity index (χ4n) is 1.91. The zero-order chi connectivity index (χ0) is 13.5. The predicted octanol–water partition coefficient (Wildman–Crippen LogP) is 2.34. The Bertz CT molecular complexity index is 376. The number of halogens is 2. The fraction of sp³-hybridized carbons (Fsp3) is 0.538. The molecule has 3 nitrogen and oxygen atoms in total. The summed E-state index contributed by atoms with van der Waals surface area (Å²) in [5, 5.41) is 12.3. The molecule has 0 aliphatic heterocycles. The van der Waals surface area contributed by atoms with Crippen LogP contribution >= 0.6 is 15.9 Å². The van der Waals surface area contributed by atoms with E-state index < -0.39 is 0 Å². The van der Waals surface area contributed by atoms with Crippen molar-refractivity contribution in [1.29, 1.82) is 0 Å². The first kappa shape index (κ1) is 15.6. The highest BCUT2D eigenvalue weighted by molar-refractivity contribution is 9.10. The van der Waals surface area contributed by atoms with Crippen LogP contribution in [-0.2, 0) is 0 Å². The standard InChI is InChI=1S/C13H20BrFN2O/c1-2-10(5-6-18)17-13(8-16)11-7-9(15)3-4-12(11)14/h3-4,7,10,13,17-18H,2,5-6,8,16H2,1H3. The van der Waals surface area contributed by atoms with Crippen molar-refractivity contribution in [3.8, 4) is 0 Å². The van der Waals surface area contributed by atoms with Gasteiger partial charge in [0.05, 0.1) is 0 Å². The normalized spacial score (nSPS) is 14.5. The Morgan fingerprint density at radius 1 is 1.50 bits per heavy atom. The second-order valence-electron chi connectivity index (χ2n) is 4.24. The molecule has 0 aliphatic carbocycles. The average molecular weight is 319 g/mol. The zero-order valence-corrected chi connectivity index (χ0v) is 12.1. The number of benzene rings is 1. The molecule has 1 rings (SSSR count). The summed E-state index contributed by atoms with van der Waals surface area (Å²) in [6.45, 7) is 2.55. The van der Waals surface area contributed by atoms with Crippen LogP contribution in [0.2, 0.25) is 0 Å². The van der Waals surface area contributed by atoms with Gasteiger partial charge >= 0.3 is 0 Å². The van der Waals surface area contributed by atoms with Gasteiger partial charge in [-0.15, -0.1) is 0 Å². The molecule has 2 unspecified atom stereocenters. The molecule has 0 aliphatic rings. The lowest BCUT2D eigenvalue weighted by Crippen LogP contribution is -2.37. The van der Waals surface area contributed by atoms with Gasteiger partial charge < -0.3 is 16.2 Å². The van der Waals surface area contributed by atoms with Crippen LogP contribution in [0.4, 0.5) is 4.39 Å². The van der Waals surface area contributed by atoms with E-state index in [0.29, 0.717) is 13.0 Å². The largest absolute Gasteiger partial charge is 0.396 e. The lowest BCUT2D eigenvalue weighted by Gasteiger charge is -2.25. The second kappa shape index (κ2) is 7.84. The number of nitrogens with one attached hydrogen (secondary N) is 1. The predicted molar refractivity (Wildman–Crippen MR) is 74.8 cm³/mol. The Morgan fingerprint density at radius 2 is 2.22 bits per heavy atom. The summed E-state index contributed by atoms with van der Waals surface area (Å²) < 4.78 is 14.1. The van der Waals surface area contributed by atoms with Crippen LogP contribution in [0, 0.1) is 5.82 Å². The number of nitrogens with two attached hydrogens (primary N) is 1. The van der Waals surface area contributed by atoms with Crippen LogP contribution < -0.4 is 11.1 Å². The Labute approximate surface area is 116 Å². The molecule has 0 aromatic heterocycles. The smallest absolute Gasteiger partial charge is 0.123 e. The molecule has 0 saturated heterocycles. The van der Waals surface area contributed by atoms with Gasteiger partial charge in [0.1, 0.15) is 5.82 Å². The minimum atomic E-state index is -0.274. The zero-order valence-electron chi connectivity index (χ0n) is 10.5. The van der Waals surface area contributed by atoms with E-state index >= 15 is 0 Å². The van der Waals surface area contributed by atoms with Crippen molar-refractivity contribution < 1.29 is 9.50 Å². The van der Waals surface area contributed by atoms with Crippen molar-refractivity contribution >= 4 is 15.9 Å². The van der Waals surface area contributed by atoms with Gasteiger partial charge in [0.25, 0.3) is 0 Å². The van der Waals surface area contributed by atoms with Crippen molar-refractivity contribution in [2.24, 2.45) is 5.73 Å². The van der Waals surface area contributed by atoms with Gasteiger partial charge in [0.2, 0.25) is 0 Å². The Hall–Kier alpha value is -0.490. The maximum Gasteiger partial charge on any atom is 0.123 e. The number of hydrogen-bond donors (Lipinski definition) is 3. The summed E-state index contributed by atoms with van der Waals surface area (Å²) >= 11 is 3.41. The second-order valence-corrected chi connectivity index (χ2v) is 5.09. The van der Waals surface area contributed by atoms with Crippen LogP contribution in [0.25, 0.3) is 0 Å². The molecule has 0 spiro atoms. The van der Waals surface area contributed by atoms with Crippen molar-refractivity contribution in [3.63, 3.8) is 0 Å². The van der Waals surface area contributed by atoms with Gasteiger partial charge in [-0.05, 0) is 36.6 Å². The molecule has 5 heteroatoms. The monoisotopic (exact) mass is 318 g/mol. The highest BCUT2D eigenvalue weighted by Crippen LogP contribution is 2.24. The topological polar surface area (TPSA) is 58.3 Å². The third-order valence-corrected chi connectivity index (χ3v) is 3.70. The molecular weight excluding hydrogens is 299 g/mol. The number of aliphatic hydroxyl groups excluding tert-OH is 1. The van der Waals surface area contributed by atoms with E-state index in [9.17, 15) is 4.39 Å². The molecule has 0 bridgehead atoms. The Kier molecular flexibility index (Phi) is 6.78. The third kappa shape index (κ3) is 4.31. The van der Waals surface area contributed by atoms with Crippen LogP contribution in [-0.4, -0.2) is 24.3 Å². The van der Waals surface area contributed by atoms with Gasteiger partial charge in [-0.2, -0.15) is 0 Å². The molecule has 0 heterocycles. The van der Waals surface area contributed by atoms with Crippen molar-refractivity contribution in [1.82, 2.24) is 5.32 Å². The minimum absolute atomic E-state index is 0.119. The molecule has 18 heavy (non-hydrogen) atoms. The first-order valence-electron chi connectivity index (χ1n) is 6.14. The first-order valence-corrected chi connectivity index (χ1v) is 6.93. The molecule has 0 fully saturated rings. The van der Waals surface area contributed by atoms with Crippen molar-refractivity contribution in [2.45, 2.75) is 31.8 Å². The van der Waals surface area contributed by atoms with Gasteiger partial charge in [0.15, 0.2) is 0 Å². The van der Waals surface area contributed by atoms with Gasteiger partial charge in [0, 0.05) is 29.7 Å². The van der Waals surface area contributed by atoms with Crippen LogP contribution in [0.15, 0.2) is 22.7 Å². The molecule has 0 saturated carbocycles. The van der Waals surface area contributed by atoms with E-state index in [1.807, 2.05) is 6.92 Å². The van der Waals surface area contributed by atoms with Gasteiger partial charge in [-0.3, -0.25) is 0 Å². The Balaban J connectivity index is 2.84. The summed E-state index contributed by atoms with van der Waals surface area (Å²) in [6.07, 6.45) is 1.56. The highest BCUT2D eigenvalue weighted by atomic mass is 79.9. The first-order chi connectivity index (χ1) is 8.62. The average Bonchev–Trinajstić information content (AvgIpc) is 2.37. The lowest BCUT2D eigenvalue weighted by atomic mass is 10.0. The molecule has 4 N–H and O–H groups in total. The summed E-state index contributed by atoms with van der Waals surface area (Å²) in [5.74, 6) is -0.274. The molecule has 2 atom stereocenters. The maximum atomic E-state index is 13.3. The van der Waals surface area contributed by atoms with E-state index in [4.69, 9.17) is 10.8 Å². The molecular formula is C13H20BrFN2O. The highest BCUT2D eigenvalue weighted by Gasteiger charge is 2.17. The number of hydrogen-bond acceptors (Lipinski definition) is 3. The maximum absolute atomic E-state index is 13.3. The molecule has 0 radical (unpaired) electrons. The van der Waals surface area contributed by atoms with Gasteiger partial charge in [-0.1, -0.05) is 22.9 Å². The van der Waals surface area contributed by atoms with Crippen LogP contribution in [0.1, 0.15) is 31.4 Å². The molecule has 102 valence electrons.